The molecule has 0 saturated heterocycles. The van der Waals surface area contributed by atoms with Gasteiger partial charge in [-0.1, -0.05) is 35.9 Å². The smallest absolute Gasteiger partial charge is 0.262 e. The molecule has 2 aromatic carbocycles. The standard InChI is InChI=1S/C14H14ClFN2O2S/c1-17-9-10-5-2-3-8-13(10)21(19,20)18-12-7-4-6-11(15)14(12)16/h2-8,17-18H,9H2,1H3. The van der Waals surface area contributed by atoms with Crippen LogP contribution in [0.5, 0.6) is 0 Å². The maximum atomic E-state index is 13.8. The third-order valence-electron chi connectivity index (χ3n) is 2.83. The second kappa shape index (κ2) is 6.43. The molecule has 2 rings (SSSR count). The van der Waals surface area contributed by atoms with Crippen LogP contribution in [-0.2, 0) is 16.6 Å². The van der Waals surface area contributed by atoms with Crippen molar-refractivity contribution >= 4 is 27.3 Å². The molecular weight excluding hydrogens is 315 g/mol. The molecule has 0 fully saturated rings. The van der Waals surface area contributed by atoms with E-state index in [1.807, 2.05) is 0 Å². The molecule has 0 unspecified atom stereocenters. The van der Waals surface area contributed by atoms with Crippen LogP contribution in [0.15, 0.2) is 47.4 Å². The van der Waals surface area contributed by atoms with Gasteiger partial charge in [0.05, 0.1) is 15.6 Å². The Morgan fingerprint density at radius 2 is 1.86 bits per heavy atom. The molecule has 0 amide bonds. The van der Waals surface area contributed by atoms with Crippen molar-refractivity contribution in [2.24, 2.45) is 0 Å². The van der Waals surface area contributed by atoms with Gasteiger partial charge in [0.2, 0.25) is 0 Å². The first kappa shape index (κ1) is 15.8. The summed E-state index contributed by atoms with van der Waals surface area (Å²) < 4.78 is 40.9. The fourth-order valence-electron chi connectivity index (χ4n) is 1.88. The Hall–Kier alpha value is -1.63. The van der Waals surface area contributed by atoms with Crippen molar-refractivity contribution < 1.29 is 12.8 Å². The van der Waals surface area contributed by atoms with Crippen molar-refractivity contribution in [2.75, 3.05) is 11.8 Å². The zero-order valence-electron chi connectivity index (χ0n) is 11.2. The molecule has 0 saturated carbocycles. The van der Waals surface area contributed by atoms with Gasteiger partial charge in [0.25, 0.3) is 10.0 Å². The third kappa shape index (κ3) is 3.53. The Bertz CT molecular complexity index is 750. The minimum Gasteiger partial charge on any atom is -0.316 e. The molecule has 2 N–H and O–H groups in total. The quantitative estimate of drug-likeness (QED) is 0.887. The highest BCUT2D eigenvalue weighted by atomic mass is 35.5. The lowest BCUT2D eigenvalue weighted by molar-refractivity contribution is 0.597. The first-order chi connectivity index (χ1) is 9.95. The largest absolute Gasteiger partial charge is 0.316 e. The lowest BCUT2D eigenvalue weighted by atomic mass is 10.2. The van der Waals surface area contributed by atoms with Crippen molar-refractivity contribution in [2.45, 2.75) is 11.4 Å². The van der Waals surface area contributed by atoms with E-state index in [-0.39, 0.29) is 15.6 Å². The molecule has 2 aromatic rings. The van der Waals surface area contributed by atoms with Crippen LogP contribution in [-0.4, -0.2) is 15.5 Å². The van der Waals surface area contributed by atoms with Crippen LogP contribution in [0.1, 0.15) is 5.56 Å². The average Bonchev–Trinajstić information content (AvgIpc) is 2.44. The summed E-state index contributed by atoms with van der Waals surface area (Å²) in [4.78, 5) is 0.0960. The van der Waals surface area contributed by atoms with Gasteiger partial charge in [-0.2, -0.15) is 0 Å². The van der Waals surface area contributed by atoms with Gasteiger partial charge in [-0.15, -0.1) is 0 Å². The Kier molecular flexibility index (Phi) is 4.82. The summed E-state index contributed by atoms with van der Waals surface area (Å²) in [5.41, 5.74) is 0.414. The van der Waals surface area contributed by atoms with Gasteiger partial charge >= 0.3 is 0 Å². The van der Waals surface area contributed by atoms with Crippen LogP contribution < -0.4 is 10.0 Å². The van der Waals surface area contributed by atoms with Crippen LogP contribution in [0.3, 0.4) is 0 Å². The molecule has 21 heavy (non-hydrogen) atoms. The summed E-state index contributed by atoms with van der Waals surface area (Å²) in [6.45, 7) is 0.384. The molecule has 0 atom stereocenters. The van der Waals surface area contributed by atoms with Crippen LogP contribution in [0.4, 0.5) is 10.1 Å². The Morgan fingerprint density at radius 3 is 2.57 bits per heavy atom. The molecular formula is C14H14ClFN2O2S. The SMILES string of the molecule is CNCc1ccccc1S(=O)(=O)Nc1cccc(Cl)c1F. The minimum atomic E-state index is -3.89. The van der Waals surface area contributed by atoms with Gasteiger partial charge in [-0.25, -0.2) is 12.8 Å². The van der Waals surface area contributed by atoms with Crippen molar-refractivity contribution in [1.29, 1.82) is 0 Å². The second-order valence-electron chi connectivity index (χ2n) is 4.34. The maximum Gasteiger partial charge on any atom is 0.262 e. The average molecular weight is 329 g/mol. The number of hydrogen-bond donors (Lipinski definition) is 2. The number of hydrogen-bond acceptors (Lipinski definition) is 3. The molecule has 0 aliphatic carbocycles. The van der Waals surface area contributed by atoms with Crippen molar-refractivity contribution in [3.05, 3.63) is 58.9 Å². The van der Waals surface area contributed by atoms with Crippen molar-refractivity contribution in [1.82, 2.24) is 5.32 Å². The zero-order chi connectivity index (χ0) is 15.5. The predicted molar refractivity (Wildman–Crippen MR) is 81.4 cm³/mol. The molecule has 4 nitrogen and oxygen atoms in total. The molecule has 0 bridgehead atoms. The lowest BCUT2D eigenvalue weighted by Crippen LogP contribution is -2.18. The van der Waals surface area contributed by atoms with Crippen LogP contribution in [0.2, 0.25) is 5.02 Å². The first-order valence-electron chi connectivity index (χ1n) is 6.15. The Balaban J connectivity index is 2.41. The van der Waals surface area contributed by atoms with Gasteiger partial charge in [-0.3, -0.25) is 4.72 Å². The summed E-state index contributed by atoms with van der Waals surface area (Å²) in [6.07, 6.45) is 0. The van der Waals surface area contributed by atoms with Gasteiger partial charge < -0.3 is 5.32 Å². The van der Waals surface area contributed by atoms with E-state index in [1.54, 1.807) is 25.2 Å². The molecule has 0 spiro atoms. The van der Waals surface area contributed by atoms with Crippen LogP contribution >= 0.6 is 11.6 Å². The molecule has 112 valence electrons. The van der Waals surface area contributed by atoms with Crippen molar-refractivity contribution in [3.8, 4) is 0 Å². The highest BCUT2D eigenvalue weighted by Gasteiger charge is 2.20. The van der Waals surface area contributed by atoms with Gasteiger partial charge in [-0.05, 0) is 30.8 Å². The van der Waals surface area contributed by atoms with E-state index in [9.17, 15) is 12.8 Å². The second-order valence-corrected chi connectivity index (χ2v) is 6.40. The summed E-state index contributed by atoms with van der Waals surface area (Å²) >= 11 is 5.65. The number of anilines is 1. The Labute approximate surface area is 128 Å². The number of nitrogens with one attached hydrogen (secondary N) is 2. The number of sulfonamides is 1. The molecule has 0 radical (unpaired) electrons. The normalized spacial score (nSPS) is 11.4. The van der Waals surface area contributed by atoms with Gasteiger partial charge in [0, 0.05) is 6.54 Å². The first-order valence-corrected chi connectivity index (χ1v) is 8.01. The molecule has 7 heteroatoms. The molecule has 0 aromatic heterocycles. The van der Waals surface area contributed by atoms with E-state index in [0.29, 0.717) is 12.1 Å². The molecule has 0 heterocycles. The zero-order valence-corrected chi connectivity index (χ0v) is 12.8. The van der Waals surface area contributed by atoms with E-state index in [2.05, 4.69) is 10.0 Å². The molecule has 0 aliphatic heterocycles. The maximum absolute atomic E-state index is 13.8. The topological polar surface area (TPSA) is 58.2 Å². The monoisotopic (exact) mass is 328 g/mol. The minimum absolute atomic E-state index is 0.0960. The van der Waals surface area contributed by atoms with E-state index in [4.69, 9.17) is 11.6 Å². The summed E-state index contributed by atoms with van der Waals surface area (Å²) in [5, 5.41) is 2.75. The van der Waals surface area contributed by atoms with E-state index >= 15 is 0 Å². The fraction of sp³-hybridized carbons (Fsp3) is 0.143. The summed E-state index contributed by atoms with van der Waals surface area (Å²) in [5.74, 6) is -0.797. The van der Waals surface area contributed by atoms with Crippen molar-refractivity contribution in [3.63, 3.8) is 0 Å². The summed E-state index contributed by atoms with van der Waals surface area (Å²) in [6, 6.07) is 10.7. The van der Waals surface area contributed by atoms with Gasteiger partial charge in [0.1, 0.15) is 0 Å². The number of halogens is 2. The van der Waals surface area contributed by atoms with Crippen LogP contribution in [0.25, 0.3) is 0 Å². The highest BCUT2D eigenvalue weighted by molar-refractivity contribution is 7.92. The number of benzene rings is 2. The predicted octanol–water partition coefficient (Wildman–Crippen LogP) is 3.00. The number of rotatable bonds is 5. The van der Waals surface area contributed by atoms with E-state index in [1.165, 1.54) is 24.3 Å². The van der Waals surface area contributed by atoms with E-state index < -0.39 is 15.8 Å². The fourth-order valence-corrected chi connectivity index (χ4v) is 3.36. The summed E-state index contributed by atoms with van der Waals surface area (Å²) in [7, 11) is -2.18. The molecule has 0 aliphatic rings. The lowest BCUT2D eigenvalue weighted by Gasteiger charge is -2.13. The van der Waals surface area contributed by atoms with Crippen LogP contribution in [0, 0.1) is 5.82 Å². The third-order valence-corrected chi connectivity index (χ3v) is 4.58. The van der Waals surface area contributed by atoms with Gasteiger partial charge in [0.15, 0.2) is 5.82 Å². The highest BCUT2D eigenvalue weighted by Crippen LogP contribution is 2.25. The Morgan fingerprint density at radius 1 is 1.14 bits per heavy atom. The van der Waals surface area contributed by atoms with E-state index in [0.717, 1.165) is 0 Å².